The molecule has 0 aromatic rings. The molecule has 0 saturated heterocycles. The van der Waals surface area contributed by atoms with E-state index in [1.54, 1.807) is 0 Å². The first-order chi connectivity index (χ1) is 7.41. The third kappa shape index (κ3) is 13.5. The molecule has 0 rings (SSSR count). The molecule has 0 spiro atoms. The largest absolute Gasteiger partial charge is 0.0845 e. The van der Waals surface area contributed by atoms with Crippen LogP contribution in [0, 0.1) is 6.08 Å². The van der Waals surface area contributed by atoms with Crippen molar-refractivity contribution in [2.45, 2.75) is 71.6 Å². The van der Waals surface area contributed by atoms with Gasteiger partial charge in [0.2, 0.25) is 0 Å². The molecule has 0 aromatic heterocycles. The van der Waals surface area contributed by atoms with Crippen LogP contribution in [0.3, 0.4) is 0 Å². The van der Waals surface area contributed by atoms with Gasteiger partial charge in [0.05, 0.1) is 0 Å². The van der Waals surface area contributed by atoms with Gasteiger partial charge in [-0.3, -0.25) is 0 Å². The Bertz CT molecular complexity index is 153. The van der Waals surface area contributed by atoms with Crippen molar-refractivity contribution in [3.63, 3.8) is 0 Å². The summed E-state index contributed by atoms with van der Waals surface area (Å²) in [6.45, 7) is 4.45. The van der Waals surface area contributed by atoms with Crippen LogP contribution < -0.4 is 0 Å². The average molecular weight is 207 g/mol. The van der Waals surface area contributed by atoms with Crippen molar-refractivity contribution >= 4 is 0 Å². The molecule has 0 nitrogen and oxygen atoms in total. The first-order valence-corrected chi connectivity index (χ1v) is 6.63. The molecule has 0 atom stereocenters. The van der Waals surface area contributed by atoms with Crippen LogP contribution in [0.25, 0.3) is 0 Å². The third-order valence-electron chi connectivity index (χ3n) is 2.47. The van der Waals surface area contributed by atoms with E-state index in [0.717, 1.165) is 6.42 Å². The fourth-order valence-corrected chi connectivity index (χ4v) is 1.50. The van der Waals surface area contributed by atoms with Crippen molar-refractivity contribution in [1.29, 1.82) is 0 Å². The predicted octanol–water partition coefficient (Wildman–Crippen LogP) is 5.45. The number of hydrogen-bond acceptors (Lipinski definition) is 0. The Hall–Kier alpha value is -0.520. The summed E-state index contributed by atoms with van der Waals surface area (Å²) in [5.41, 5.74) is 0. The minimum atomic E-state index is 1.08. The fourth-order valence-electron chi connectivity index (χ4n) is 1.50. The molecule has 87 valence electrons. The molecule has 0 aliphatic heterocycles. The summed E-state index contributed by atoms with van der Waals surface area (Å²) < 4.78 is 0. The Labute approximate surface area is 96.5 Å². The summed E-state index contributed by atoms with van der Waals surface area (Å²) >= 11 is 0. The smallest absolute Gasteiger partial charge is 0.0279 e. The van der Waals surface area contributed by atoms with Crippen molar-refractivity contribution in [2.24, 2.45) is 0 Å². The highest BCUT2D eigenvalue weighted by atomic mass is 13.9. The Morgan fingerprint density at radius 2 is 1.60 bits per heavy atom. The summed E-state index contributed by atoms with van der Waals surface area (Å²) in [4.78, 5) is 0. The Morgan fingerprint density at radius 1 is 0.867 bits per heavy atom. The van der Waals surface area contributed by atoms with E-state index < -0.39 is 0 Å². The van der Waals surface area contributed by atoms with Gasteiger partial charge in [-0.25, -0.2) is 0 Å². The molecule has 0 heterocycles. The van der Waals surface area contributed by atoms with Gasteiger partial charge in [-0.1, -0.05) is 70.6 Å². The van der Waals surface area contributed by atoms with E-state index in [1.165, 1.54) is 51.4 Å². The zero-order valence-electron chi connectivity index (χ0n) is 10.6. The van der Waals surface area contributed by atoms with Crippen molar-refractivity contribution in [3.8, 4) is 0 Å². The van der Waals surface area contributed by atoms with E-state index in [4.69, 9.17) is 0 Å². The maximum atomic E-state index is 3.24. The van der Waals surface area contributed by atoms with Gasteiger partial charge >= 0.3 is 0 Å². The Kier molecular flexibility index (Phi) is 13.0. The van der Waals surface area contributed by atoms with Crippen LogP contribution >= 0.6 is 0 Å². The lowest BCUT2D eigenvalue weighted by Gasteiger charge is -1.97. The van der Waals surface area contributed by atoms with Crippen LogP contribution in [-0.4, -0.2) is 0 Å². The van der Waals surface area contributed by atoms with Crippen molar-refractivity contribution in [2.75, 3.05) is 0 Å². The molecule has 0 saturated carbocycles. The maximum Gasteiger partial charge on any atom is -0.0279 e. The minimum absolute atomic E-state index is 1.08. The minimum Gasteiger partial charge on any atom is -0.0845 e. The van der Waals surface area contributed by atoms with Crippen LogP contribution in [0.2, 0.25) is 0 Å². The van der Waals surface area contributed by atoms with Crippen molar-refractivity contribution < 1.29 is 0 Å². The second kappa shape index (κ2) is 13.5. The van der Waals surface area contributed by atoms with Gasteiger partial charge in [0.15, 0.2) is 0 Å². The van der Waals surface area contributed by atoms with Crippen LogP contribution in [0.1, 0.15) is 71.6 Å². The van der Waals surface area contributed by atoms with E-state index >= 15 is 0 Å². The van der Waals surface area contributed by atoms with E-state index in [-0.39, 0.29) is 0 Å². The third-order valence-corrected chi connectivity index (χ3v) is 2.47. The molecular weight excluding hydrogens is 180 g/mol. The normalized spacial score (nSPS) is 11.9. The highest BCUT2D eigenvalue weighted by Crippen LogP contribution is 2.07. The monoisotopic (exact) mass is 207 g/mol. The molecule has 0 aliphatic carbocycles. The molecule has 0 unspecified atom stereocenters. The average Bonchev–Trinajstić information content (AvgIpc) is 2.26. The lowest BCUT2D eigenvalue weighted by atomic mass is 10.1. The van der Waals surface area contributed by atoms with E-state index in [0.29, 0.717) is 0 Å². The number of rotatable bonds is 10. The molecule has 0 fully saturated rings. The molecular formula is C15H27. The molecule has 0 bridgehead atoms. The van der Waals surface area contributed by atoms with Gasteiger partial charge in [-0.15, -0.1) is 0 Å². The summed E-state index contributed by atoms with van der Waals surface area (Å²) in [7, 11) is 0. The lowest BCUT2D eigenvalue weighted by molar-refractivity contribution is 0.611. The van der Waals surface area contributed by atoms with Crippen LogP contribution in [0.5, 0.6) is 0 Å². The van der Waals surface area contributed by atoms with Crippen molar-refractivity contribution in [1.82, 2.24) is 0 Å². The quantitative estimate of drug-likeness (QED) is 0.330. The van der Waals surface area contributed by atoms with E-state index in [1.807, 2.05) is 0 Å². The second-order valence-corrected chi connectivity index (χ2v) is 4.11. The molecule has 0 aliphatic rings. The van der Waals surface area contributed by atoms with Gasteiger partial charge in [0.25, 0.3) is 0 Å². The molecule has 0 heteroatoms. The molecule has 1 radical (unpaired) electrons. The molecule has 0 amide bonds. The number of allylic oxidation sites excluding steroid dienone is 4. The second-order valence-electron chi connectivity index (χ2n) is 4.11. The topological polar surface area (TPSA) is 0 Å². The molecule has 0 aromatic carbocycles. The highest BCUT2D eigenvalue weighted by molar-refractivity contribution is 4.98. The molecule has 0 N–H and O–H groups in total. The van der Waals surface area contributed by atoms with Gasteiger partial charge in [0, 0.05) is 0 Å². The van der Waals surface area contributed by atoms with Crippen LogP contribution in [-0.2, 0) is 0 Å². The fraction of sp³-hybridized carbons (Fsp3) is 0.733. The zero-order chi connectivity index (χ0) is 11.2. The standard InChI is InChI=1S/C15H27/c1-3-5-7-9-11-13-15-14-12-10-8-6-4-2/h10,12,14H,3-7,9,11,13,15H2,1-2H3/b10-8?,14-12+. The Balaban J connectivity index is 3.09. The van der Waals surface area contributed by atoms with Crippen molar-refractivity contribution in [3.05, 3.63) is 24.3 Å². The summed E-state index contributed by atoms with van der Waals surface area (Å²) in [6.07, 6.45) is 21.6. The lowest BCUT2D eigenvalue weighted by Crippen LogP contribution is -1.77. The van der Waals surface area contributed by atoms with Crippen LogP contribution in [0.4, 0.5) is 0 Å². The summed E-state index contributed by atoms with van der Waals surface area (Å²) in [5, 5.41) is 0. The molecule has 15 heavy (non-hydrogen) atoms. The van der Waals surface area contributed by atoms with Gasteiger partial charge in [-0.05, 0) is 25.3 Å². The van der Waals surface area contributed by atoms with Gasteiger partial charge in [0.1, 0.15) is 0 Å². The van der Waals surface area contributed by atoms with Gasteiger partial charge in [-0.2, -0.15) is 0 Å². The van der Waals surface area contributed by atoms with Crippen LogP contribution in [0.15, 0.2) is 18.2 Å². The zero-order valence-corrected chi connectivity index (χ0v) is 10.6. The Morgan fingerprint density at radius 3 is 2.33 bits per heavy atom. The van der Waals surface area contributed by atoms with E-state index in [2.05, 4.69) is 38.2 Å². The first kappa shape index (κ1) is 14.5. The first-order valence-electron chi connectivity index (χ1n) is 6.63. The SMILES string of the molecule is CCC/[C]=C\C=C\CCCCCCCC. The summed E-state index contributed by atoms with van der Waals surface area (Å²) in [5.74, 6) is 0. The number of hydrogen-bond donors (Lipinski definition) is 0. The van der Waals surface area contributed by atoms with E-state index in [9.17, 15) is 0 Å². The highest BCUT2D eigenvalue weighted by Gasteiger charge is 1.87. The van der Waals surface area contributed by atoms with Gasteiger partial charge < -0.3 is 0 Å². The predicted molar refractivity (Wildman–Crippen MR) is 69.9 cm³/mol. The maximum absolute atomic E-state index is 3.24. The number of unbranched alkanes of at least 4 members (excludes halogenated alkanes) is 7. The summed E-state index contributed by atoms with van der Waals surface area (Å²) in [6, 6.07) is 0.